The lowest BCUT2D eigenvalue weighted by atomic mass is 10.0. The Bertz CT molecular complexity index is 775. The van der Waals surface area contributed by atoms with Crippen LogP contribution in [0.1, 0.15) is 32.6 Å². The molecule has 0 saturated carbocycles. The van der Waals surface area contributed by atoms with Gasteiger partial charge in [0.1, 0.15) is 0 Å². The zero-order valence-corrected chi connectivity index (χ0v) is 15.3. The summed E-state index contributed by atoms with van der Waals surface area (Å²) < 4.78 is 11.6. The van der Waals surface area contributed by atoms with Gasteiger partial charge in [-0.05, 0) is 46.0 Å². The van der Waals surface area contributed by atoms with Crippen LogP contribution in [-0.4, -0.2) is 58.4 Å². The highest BCUT2D eigenvalue weighted by atomic mass is 16.7. The molecule has 27 heavy (non-hydrogen) atoms. The summed E-state index contributed by atoms with van der Waals surface area (Å²) in [6.07, 6.45) is 2.75. The van der Waals surface area contributed by atoms with Gasteiger partial charge in [0.15, 0.2) is 5.79 Å². The highest BCUT2D eigenvalue weighted by Gasteiger charge is 2.39. The van der Waals surface area contributed by atoms with Crippen molar-refractivity contribution >= 4 is 11.7 Å². The van der Waals surface area contributed by atoms with Gasteiger partial charge in [-0.2, -0.15) is 0 Å². The summed E-state index contributed by atoms with van der Waals surface area (Å²) in [4.78, 5) is 20.3. The zero-order chi connectivity index (χ0) is 18.7. The average Bonchev–Trinajstić information content (AvgIpc) is 3.33. The minimum Gasteiger partial charge on any atom is -0.371 e. The summed E-state index contributed by atoms with van der Waals surface area (Å²) >= 11 is 0. The Balaban J connectivity index is 1.43. The predicted molar refractivity (Wildman–Crippen MR) is 95.8 cm³/mol. The van der Waals surface area contributed by atoms with Crippen LogP contribution in [-0.2, 0) is 14.3 Å². The molecule has 0 aliphatic carbocycles. The second-order valence-corrected chi connectivity index (χ2v) is 6.73. The first kappa shape index (κ1) is 17.9. The van der Waals surface area contributed by atoms with Crippen molar-refractivity contribution in [1.29, 1.82) is 0 Å². The molecule has 1 aromatic carbocycles. The maximum atomic E-state index is 11.7. The van der Waals surface area contributed by atoms with Gasteiger partial charge in [0.25, 0.3) is 0 Å². The van der Waals surface area contributed by atoms with Gasteiger partial charge in [0.2, 0.25) is 5.82 Å². The number of rotatable bonds is 5. The number of hydrogen-bond donors (Lipinski definition) is 0. The number of aromatic nitrogens is 4. The summed E-state index contributed by atoms with van der Waals surface area (Å²) in [5.41, 5.74) is 1.90. The number of benzene rings is 1. The normalized spacial score (nSPS) is 18.8. The number of piperidine rings is 1. The highest BCUT2D eigenvalue weighted by Crippen LogP contribution is 2.33. The summed E-state index contributed by atoms with van der Waals surface area (Å²) in [6, 6.07) is 7.91. The van der Waals surface area contributed by atoms with Crippen LogP contribution in [0.3, 0.4) is 0 Å². The summed E-state index contributed by atoms with van der Waals surface area (Å²) in [6.45, 7) is 5.05. The van der Waals surface area contributed by atoms with E-state index in [9.17, 15) is 4.79 Å². The minimum atomic E-state index is -0.374. The Morgan fingerprint density at radius 1 is 1.19 bits per heavy atom. The van der Waals surface area contributed by atoms with Gasteiger partial charge >= 0.3 is 5.97 Å². The molecule has 2 aliphatic heterocycles. The van der Waals surface area contributed by atoms with Gasteiger partial charge in [-0.25, -0.2) is 4.79 Å². The molecule has 0 amide bonds. The predicted octanol–water partition coefficient (Wildman–Crippen LogP) is 1.44. The van der Waals surface area contributed by atoms with Gasteiger partial charge in [0.05, 0.1) is 13.2 Å². The van der Waals surface area contributed by atoms with Crippen molar-refractivity contribution in [2.24, 2.45) is 0 Å². The van der Waals surface area contributed by atoms with Crippen LogP contribution in [0.5, 0.6) is 0 Å². The van der Waals surface area contributed by atoms with E-state index in [4.69, 9.17) is 14.3 Å². The lowest BCUT2D eigenvalue weighted by Gasteiger charge is -2.38. The van der Waals surface area contributed by atoms with E-state index in [2.05, 4.69) is 20.4 Å². The van der Waals surface area contributed by atoms with E-state index in [-0.39, 0.29) is 11.8 Å². The summed E-state index contributed by atoms with van der Waals surface area (Å²) in [5, 5.41) is 11.3. The molecule has 1 spiro atoms. The fraction of sp³-hybridized carbons (Fsp3) is 0.556. The van der Waals surface area contributed by atoms with E-state index in [0.29, 0.717) is 31.9 Å². The van der Waals surface area contributed by atoms with Crippen LogP contribution in [0.15, 0.2) is 24.3 Å². The Morgan fingerprint density at radius 2 is 1.89 bits per heavy atom. The topological polar surface area (TPSA) is 91.6 Å². The second-order valence-electron chi connectivity index (χ2n) is 6.73. The fourth-order valence-electron chi connectivity index (χ4n) is 3.47. The Hall–Kier alpha value is -2.52. The summed E-state index contributed by atoms with van der Waals surface area (Å²) in [7, 11) is 0. The number of ether oxygens (including phenoxy) is 2. The third-order valence-electron chi connectivity index (χ3n) is 4.91. The Morgan fingerprint density at radius 3 is 2.56 bits per heavy atom. The van der Waals surface area contributed by atoms with Crippen LogP contribution in [0, 0.1) is 0 Å². The molecule has 0 radical (unpaired) electrons. The van der Waals surface area contributed by atoms with E-state index < -0.39 is 0 Å². The van der Waals surface area contributed by atoms with Crippen molar-refractivity contribution in [3.8, 4) is 11.4 Å². The molecule has 0 unspecified atom stereocenters. The lowest BCUT2D eigenvalue weighted by molar-refractivity contribution is -0.169. The SMILES string of the molecule is CCCC(=O)On1nnnc1-c1ccc(N2CCC3(CC2)OCCO3)cc1. The molecule has 0 N–H and O–H groups in total. The van der Waals surface area contributed by atoms with Gasteiger partial charge < -0.3 is 19.2 Å². The van der Waals surface area contributed by atoms with Crippen LogP contribution in [0.4, 0.5) is 5.69 Å². The van der Waals surface area contributed by atoms with Crippen molar-refractivity contribution < 1.29 is 19.1 Å². The van der Waals surface area contributed by atoms with Crippen molar-refractivity contribution in [2.45, 2.75) is 38.4 Å². The molecular weight excluding hydrogens is 350 g/mol. The largest absolute Gasteiger partial charge is 0.371 e. The molecule has 0 bridgehead atoms. The third-order valence-corrected chi connectivity index (χ3v) is 4.91. The van der Waals surface area contributed by atoms with E-state index in [1.165, 1.54) is 0 Å². The molecule has 2 saturated heterocycles. The number of anilines is 1. The fourth-order valence-corrected chi connectivity index (χ4v) is 3.47. The van der Waals surface area contributed by atoms with Crippen molar-refractivity contribution in [1.82, 2.24) is 20.4 Å². The van der Waals surface area contributed by atoms with E-state index in [0.717, 1.165) is 42.0 Å². The zero-order valence-electron chi connectivity index (χ0n) is 15.3. The first-order valence-electron chi connectivity index (χ1n) is 9.32. The van der Waals surface area contributed by atoms with Crippen molar-refractivity contribution in [3.63, 3.8) is 0 Å². The van der Waals surface area contributed by atoms with Crippen molar-refractivity contribution in [2.75, 3.05) is 31.2 Å². The number of nitrogens with zero attached hydrogens (tertiary/aromatic N) is 5. The molecule has 144 valence electrons. The van der Waals surface area contributed by atoms with E-state index in [1.54, 1.807) is 0 Å². The molecule has 9 heteroatoms. The Labute approximate surface area is 157 Å². The third kappa shape index (κ3) is 3.79. The van der Waals surface area contributed by atoms with Gasteiger partial charge in [-0.15, -0.1) is 5.10 Å². The monoisotopic (exact) mass is 373 g/mol. The summed E-state index contributed by atoms with van der Waals surface area (Å²) in [5.74, 6) is -0.335. The van der Waals surface area contributed by atoms with Gasteiger partial charge in [-0.1, -0.05) is 6.92 Å². The van der Waals surface area contributed by atoms with E-state index in [1.807, 2.05) is 31.2 Å². The smallest absolute Gasteiger partial charge is 0.335 e. The lowest BCUT2D eigenvalue weighted by Crippen LogP contribution is -2.45. The number of carbonyl (C=O) groups excluding carboxylic acids is 1. The number of hydrogen-bond acceptors (Lipinski definition) is 8. The maximum Gasteiger partial charge on any atom is 0.335 e. The van der Waals surface area contributed by atoms with Gasteiger partial charge in [-0.3, -0.25) is 0 Å². The average molecular weight is 373 g/mol. The van der Waals surface area contributed by atoms with Crippen LogP contribution < -0.4 is 9.74 Å². The molecule has 0 atom stereocenters. The van der Waals surface area contributed by atoms with Crippen molar-refractivity contribution in [3.05, 3.63) is 24.3 Å². The molecule has 2 aliphatic rings. The minimum absolute atomic E-state index is 0.322. The molecule has 4 rings (SSSR count). The molecule has 1 aromatic heterocycles. The number of carbonyl (C=O) groups is 1. The first-order valence-corrected chi connectivity index (χ1v) is 9.32. The van der Waals surface area contributed by atoms with Crippen LogP contribution in [0.25, 0.3) is 11.4 Å². The molecule has 2 aromatic rings. The molecule has 3 heterocycles. The molecule has 2 fully saturated rings. The standard InChI is InChI=1S/C18H23N5O4/c1-2-3-16(24)27-23-17(19-20-21-23)14-4-6-15(7-5-14)22-10-8-18(9-11-22)25-12-13-26-18/h4-7H,2-3,8-13H2,1H3. The quantitative estimate of drug-likeness (QED) is 0.727. The highest BCUT2D eigenvalue weighted by molar-refractivity contribution is 5.70. The van der Waals surface area contributed by atoms with Crippen LogP contribution in [0.2, 0.25) is 0 Å². The number of tetrazole rings is 1. The van der Waals surface area contributed by atoms with Crippen LogP contribution >= 0.6 is 0 Å². The molecular formula is C18H23N5O4. The first-order chi connectivity index (χ1) is 13.2. The molecule has 9 nitrogen and oxygen atoms in total. The van der Waals surface area contributed by atoms with E-state index >= 15 is 0 Å². The maximum absolute atomic E-state index is 11.7. The van der Waals surface area contributed by atoms with Gasteiger partial charge in [0, 0.05) is 43.6 Å². The second kappa shape index (κ2) is 7.61. The Kier molecular flexibility index (Phi) is 5.04.